The van der Waals surface area contributed by atoms with Gasteiger partial charge in [-0.3, -0.25) is 4.79 Å². The van der Waals surface area contributed by atoms with Crippen LogP contribution in [0.25, 0.3) is 0 Å². The number of ether oxygens (including phenoxy) is 4. The number of benzene rings is 7. The Hall–Kier alpha value is -7.12. The van der Waals surface area contributed by atoms with Crippen molar-refractivity contribution >= 4 is 29.2 Å². The molecule has 0 aliphatic carbocycles. The van der Waals surface area contributed by atoms with Gasteiger partial charge in [-0.1, -0.05) is 110 Å². The molecule has 0 radical (unpaired) electrons. The molecule has 0 aliphatic rings. The Labute approximate surface area is 365 Å². The van der Waals surface area contributed by atoms with Crippen molar-refractivity contribution in [3.05, 3.63) is 209 Å². The molecule has 7 aromatic carbocycles. The minimum atomic E-state index is -0.815. The Morgan fingerprint density at radius 2 is 0.903 bits per heavy atom. The van der Waals surface area contributed by atoms with Crippen molar-refractivity contribution in [3.8, 4) is 23.0 Å². The molecule has 7 nitrogen and oxygen atoms in total. The summed E-state index contributed by atoms with van der Waals surface area (Å²) in [6.07, 6.45) is 2.00. The fourth-order valence-electron chi connectivity index (χ4n) is 7.71. The number of rotatable bonds is 15. The van der Waals surface area contributed by atoms with E-state index >= 15 is 0 Å². The van der Waals surface area contributed by atoms with Crippen LogP contribution in [0.4, 0.5) is 21.9 Å². The van der Waals surface area contributed by atoms with Crippen LogP contribution in [0, 0.1) is 13.8 Å². The molecular formula is C55H53NO6. The lowest BCUT2D eigenvalue weighted by atomic mass is 9.78. The molecule has 7 heteroatoms. The lowest BCUT2D eigenvalue weighted by Crippen LogP contribution is -2.19. The Morgan fingerprint density at radius 3 is 1.32 bits per heavy atom. The monoisotopic (exact) mass is 823 g/mol. The van der Waals surface area contributed by atoms with Gasteiger partial charge in [-0.2, -0.15) is 0 Å². The van der Waals surface area contributed by atoms with E-state index in [-0.39, 0.29) is 17.3 Å². The van der Waals surface area contributed by atoms with Crippen LogP contribution in [-0.2, 0) is 16.6 Å². The van der Waals surface area contributed by atoms with Crippen molar-refractivity contribution in [3.63, 3.8) is 0 Å². The van der Waals surface area contributed by atoms with Gasteiger partial charge in [-0.15, -0.1) is 0 Å². The van der Waals surface area contributed by atoms with Crippen molar-refractivity contribution in [1.82, 2.24) is 0 Å². The molecule has 0 fully saturated rings. The molecule has 7 rings (SSSR count). The number of hydrogen-bond acceptors (Lipinski definition) is 7. The fraction of sp³-hybridized carbons (Fsp3) is 0.200. The van der Waals surface area contributed by atoms with Gasteiger partial charge >= 0.3 is 12.1 Å². The molecule has 0 N–H and O–H groups in total. The van der Waals surface area contributed by atoms with Gasteiger partial charge in [0.05, 0.1) is 7.11 Å². The first-order valence-electron chi connectivity index (χ1n) is 21.0. The minimum absolute atomic E-state index is 0.120. The number of aryl methyl sites for hydroxylation is 3. The van der Waals surface area contributed by atoms with Crippen molar-refractivity contribution in [2.75, 3.05) is 12.0 Å². The van der Waals surface area contributed by atoms with Gasteiger partial charge in [0, 0.05) is 35.3 Å². The van der Waals surface area contributed by atoms with E-state index in [1.165, 1.54) is 29.2 Å². The molecule has 1 unspecified atom stereocenters. The highest BCUT2D eigenvalue weighted by Crippen LogP contribution is 2.37. The quantitative estimate of drug-likeness (QED) is 0.0579. The number of hydrogen-bond donors (Lipinski definition) is 0. The van der Waals surface area contributed by atoms with Crippen LogP contribution in [0.5, 0.6) is 23.0 Å². The maximum Gasteiger partial charge on any atom is 0.519 e. The first-order chi connectivity index (χ1) is 29.9. The van der Waals surface area contributed by atoms with E-state index in [9.17, 15) is 9.59 Å². The van der Waals surface area contributed by atoms with E-state index in [0.717, 1.165) is 58.8 Å². The summed E-state index contributed by atoms with van der Waals surface area (Å²) < 4.78 is 21.8. The third-order valence-electron chi connectivity index (χ3n) is 11.4. The van der Waals surface area contributed by atoms with Crippen LogP contribution in [-0.4, -0.2) is 19.2 Å². The SMILES string of the molecule is COc1ccc(C(CCCc2ccc(N(c3ccc(C)cc3)c3ccc(C)cc3)cc2)c2ccc(OC(=O)Oc3ccc(C(C)(C)c4ccc(OC(C)=O)cc4)cc3)cc2)cc1. The summed E-state index contributed by atoms with van der Waals surface area (Å²) in [5.74, 6) is 1.84. The number of carbonyl (C=O) groups is 2. The van der Waals surface area contributed by atoms with Crippen LogP contribution in [0.3, 0.4) is 0 Å². The van der Waals surface area contributed by atoms with Crippen LogP contribution in [0.15, 0.2) is 170 Å². The molecule has 0 amide bonds. The summed E-state index contributed by atoms with van der Waals surface area (Å²) in [6.45, 7) is 9.81. The normalized spacial score (nSPS) is 11.6. The molecule has 0 bridgehead atoms. The summed E-state index contributed by atoms with van der Waals surface area (Å²) in [5, 5.41) is 0. The second kappa shape index (κ2) is 19.5. The topological polar surface area (TPSA) is 74.3 Å². The summed E-state index contributed by atoms with van der Waals surface area (Å²) >= 11 is 0. The van der Waals surface area contributed by atoms with Crippen molar-refractivity contribution < 1.29 is 28.5 Å². The second-order valence-corrected chi connectivity index (χ2v) is 16.2. The lowest BCUT2D eigenvalue weighted by molar-refractivity contribution is -0.131. The standard InChI is InChI=1S/C55H53NO6/c1-38-10-24-46(25-11-38)56(47-26-12-39(2)13-27-47)48-28-14-41(15-29-48)8-7-9-53(42-16-30-49(59-6)31-17-42)43-18-32-51(33-19-43)61-54(58)62-52-36-22-45(23-37-52)55(4,5)44-20-34-50(35-21-44)60-40(3)57/h10-37,53H,7-9H2,1-6H3. The molecule has 0 aromatic heterocycles. The van der Waals surface area contributed by atoms with E-state index < -0.39 is 6.16 Å². The average Bonchev–Trinajstić information content (AvgIpc) is 3.28. The van der Waals surface area contributed by atoms with Crippen LogP contribution in [0.2, 0.25) is 0 Å². The number of methoxy groups -OCH3 is 1. The van der Waals surface area contributed by atoms with Crippen LogP contribution < -0.4 is 23.8 Å². The number of anilines is 3. The molecule has 0 saturated carbocycles. The molecule has 0 spiro atoms. The summed E-state index contributed by atoms with van der Waals surface area (Å²) in [7, 11) is 1.68. The number of carbonyl (C=O) groups excluding carboxylic acids is 2. The number of nitrogens with zero attached hydrogens (tertiary/aromatic N) is 1. The van der Waals surface area contributed by atoms with Gasteiger partial charge in [0.2, 0.25) is 0 Å². The van der Waals surface area contributed by atoms with Crippen LogP contribution >= 0.6 is 0 Å². The zero-order valence-corrected chi connectivity index (χ0v) is 36.3. The van der Waals surface area contributed by atoms with E-state index in [2.05, 4.69) is 118 Å². The zero-order valence-electron chi connectivity index (χ0n) is 36.3. The largest absolute Gasteiger partial charge is 0.519 e. The Balaban J connectivity index is 0.987. The molecule has 7 aromatic rings. The second-order valence-electron chi connectivity index (χ2n) is 16.2. The Bertz CT molecular complexity index is 2500. The molecular weight excluding hydrogens is 771 g/mol. The Morgan fingerprint density at radius 1 is 0.516 bits per heavy atom. The third-order valence-corrected chi connectivity index (χ3v) is 11.4. The summed E-state index contributed by atoms with van der Waals surface area (Å²) in [5.41, 5.74) is 11.1. The van der Waals surface area contributed by atoms with Crippen LogP contribution in [0.1, 0.15) is 78.5 Å². The molecule has 314 valence electrons. The molecule has 0 saturated heterocycles. The zero-order chi connectivity index (χ0) is 43.6. The predicted molar refractivity (Wildman–Crippen MR) is 248 cm³/mol. The predicted octanol–water partition coefficient (Wildman–Crippen LogP) is 13.8. The van der Waals surface area contributed by atoms with Gasteiger partial charge in [0.25, 0.3) is 0 Å². The van der Waals surface area contributed by atoms with Gasteiger partial charge in [0.1, 0.15) is 23.0 Å². The maximum atomic E-state index is 12.9. The van der Waals surface area contributed by atoms with Gasteiger partial charge in [0.15, 0.2) is 0 Å². The van der Waals surface area contributed by atoms with Gasteiger partial charge in [-0.05, 0) is 146 Å². The minimum Gasteiger partial charge on any atom is -0.497 e. The van der Waals surface area contributed by atoms with Crippen molar-refractivity contribution in [1.29, 1.82) is 0 Å². The molecule has 0 heterocycles. The van der Waals surface area contributed by atoms with Crippen molar-refractivity contribution in [2.24, 2.45) is 0 Å². The lowest BCUT2D eigenvalue weighted by Gasteiger charge is -2.26. The summed E-state index contributed by atoms with van der Waals surface area (Å²) in [6, 6.07) is 57.0. The first-order valence-corrected chi connectivity index (χ1v) is 21.0. The number of esters is 1. The third kappa shape index (κ3) is 10.8. The average molecular weight is 824 g/mol. The van der Waals surface area contributed by atoms with Gasteiger partial charge < -0.3 is 23.8 Å². The van der Waals surface area contributed by atoms with E-state index in [1.807, 2.05) is 60.7 Å². The maximum absolute atomic E-state index is 12.9. The highest BCUT2D eigenvalue weighted by molar-refractivity contribution is 5.76. The molecule has 0 aliphatic heterocycles. The Kier molecular flexibility index (Phi) is 13.5. The van der Waals surface area contributed by atoms with E-state index in [1.54, 1.807) is 31.4 Å². The smallest absolute Gasteiger partial charge is 0.497 e. The highest BCUT2D eigenvalue weighted by Gasteiger charge is 2.24. The van der Waals surface area contributed by atoms with Gasteiger partial charge in [-0.25, -0.2) is 4.79 Å². The van der Waals surface area contributed by atoms with Crippen molar-refractivity contribution in [2.45, 2.75) is 65.2 Å². The fourth-order valence-corrected chi connectivity index (χ4v) is 7.71. The first kappa shape index (κ1) is 43.0. The molecule has 1 atom stereocenters. The summed E-state index contributed by atoms with van der Waals surface area (Å²) in [4.78, 5) is 26.5. The molecule has 62 heavy (non-hydrogen) atoms. The van der Waals surface area contributed by atoms with E-state index in [0.29, 0.717) is 17.2 Å². The van der Waals surface area contributed by atoms with E-state index in [4.69, 9.17) is 18.9 Å². The highest BCUT2D eigenvalue weighted by atomic mass is 16.7.